The molecule has 7 rings (SSSR count). The van der Waals surface area contributed by atoms with Gasteiger partial charge in [-0.25, -0.2) is 0 Å². The van der Waals surface area contributed by atoms with Crippen LogP contribution >= 0.6 is 0 Å². The summed E-state index contributed by atoms with van der Waals surface area (Å²) >= 11 is 0. The molecule has 1 aromatic rings. The lowest BCUT2D eigenvalue weighted by atomic mass is 9.44. The van der Waals surface area contributed by atoms with E-state index in [0.29, 0.717) is 41.2 Å². The fourth-order valence-corrected chi connectivity index (χ4v) is 11.8. The van der Waals surface area contributed by atoms with E-state index in [1.54, 1.807) is 12.4 Å². The van der Waals surface area contributed by atoms with E-state index in [9.17, 15) is 9.59 Å². The first kappa shape index (κ1) is 29.7. The Morgan fingerprint density at radius 3 is 2.60 bits per heavy atom. The quantitative estimate of drug-likeness (QED) is 0.389. The predicted molar refractivity (Wildman–Crippen MR) is 166 cm³/mol. The summed E-state index contributed by atoms with van der Waals surface area (Å²) in [5.74, 6) is 4.67. The Bertz CT molecular complexity index is 1200. The minimum Gasteiger partial charge on any atom is -0.357 e. The number of nitrogens with zero attached hydrogens (tertiary/aromatic N) is 1. The first-order valence-electron chi connectivity index (χ1n) is 17.5. The SMILES string of the molecule is C[C@@H]1CC[C@@]2(NC1)O[C@H]1C[C@H]3[C@@H]4CC[C@@H]5C[C@H](NC(=O)CC(=O)NCc6cccnc6)CC[C@]5(C)[C@H]4CC[C@]3(C)[C@H]1[C@@H]2C. The number of hydrogen-bond acceptors (Lipinski definition) is 5. The third-order valence-corrected chi connectivity index (χ3v) is 14.0. The largest absolute Gasteiger partial charge is 0.357 e. The highest BCUT2D eigenvalue weighted by atomic mass is 16.5. The summed E-state index contributed by atoms with van der Waals surface area (Å²) in [5.41, 5.74) is 1.60. The normalized spacial score (nSPS) is 46.7. The Morgan fingerprint density at radius 1 is 1.00 bits per heavy atom. The van der Waals surface area contributed by atoms with Gasteiger partial charge < -0.3 is 15.4 Å². The number of ether oxygens (including phenoxy) is 1. The van der Waals surface area contributed by atoms with Crippen LogP contribution in [0.4, 0.5) is 0 Å². The molecule has 2 amide bonds. The highest BCUT2D eigenvalue weighted by Gasteiger charge is 2.68. The Kier molecular flexibility index (Phi) is 7.68. The van der Waals surface area contributed by atoms with Gasteiger partial charge in [-0.15, -0.1) is 0 Å². The fraction of sp³-hybridized carbons (Fsp3) is 0.806. The Labute approximate surface area is 258 Å². The molecule has 6 fully saturated rings. The van der Waals surface area contributed by atoms with Gasteiger partial charge in [-0.3, -0.25) is 19.9 Å². The molecule has 7 heteroatoms. The molecule has 4 aliphatic carbocycles. The van der Waals surface area contributed by atoms with Gasteiger partial charge >= 0.3 is 0 Å². The van der Waals surface area contributed by atoms with Gasteiger partial charge in [0.1, 0.15) is 12.1 Å². The molecule has 2 aliphatic heterocycles. The van der Waals surface area contributed by atoms with Crippen molar-refractivity contribution in [2.45, 2.75) is 123 Å². The zero-order valence-electron chi connectivity index (χ0n) is 26.9. The number of aromatic nitrogens is 1. The number of piperidine rings is 1. The summed E-state index contributed by atoms with van der Waals surface area (Å²) in [7, 11) is 0. The summed E-state index contributed by atoms with van der Waals surface area (Å²) in [5, 5.41) is 9.99. The molecule has 3 heterocycles. The van der Waals surface area contributed by atoms with Crippen molar-refractivity contribution in [3.63, 3.8) is 0 Å². The van der Waals surface area contributed by atoms with E-state index in [4.69, 9.17) is 4.74 Å². The number of carbonyl (C=O) groups is 2. The summed E-state index contributed by atoms with van der Waals surface area (Å²) < 4.78 is 7.08. The Hall–Kier alpha value is -1.99. The molecule has 6 aliphatic rings. The fourth-order valence-electron chi connectivity index (χ4n) is 11.8. The molecule has 0 bridgehead atoms. The minimum atomic E-state index is -0.230. The van der Waals surface area contributed by atoms with Crippen LogP contribution in [0.3, 0.4) is 0 Å². The Morgan fingerprint density at radius 2 is 1.84 bits per heavy atom. The molecule has 1 aromatic heterocycles. The first-order valence-corrected chi connectivity index (χ1v) is 17.5. The second-order valence-corrected chi connectivity index (χ2v) is 16.2. The molecule has 2 saturated heterocycles. The number of carbonyl (C=O) groups excluding carboxylic acids is 2. The van der Waals surface area contributed by atoms with Crippen molar-refractivity contribution in [1.29, 1.82) is 0 Å². The van der Waals surface area contributed by atoms with E-state index in [2.05, 4.69) is 48.6 Å². The Balaban J connectivity index is 0.952. The van der Waals surface area contributed by atoms with E-state index in [0.717, 1.165) is 48.6 Å². The van der Waals surface area contributed by atoms with Gasteiger partial charge in [0.05, 0.1) is 6.10 Å². The molecule has 0 unspecified atom stereocenters. The molecular weight excluding hydrogens is 536 g/mol. The third-order valence-electron chi connectivity index (χ3n) is 14.0. The maximum Gasteiger partial charge on any atom is 0.229 e. The van der Waals surface area contributed by atoms with Gasteiger partial charge in [0.2, 0.25) is 11.8 Å². The van der Waals surface area contributed by atoms with Crippen LogP contribution in [-0.2, 0) is 20.9 Å². The molecule has 3 N–H and O–H groups in total. The number of nitrogens with one attached hydrogen (secondary N) is 3. The van der Waals surface area contributed by atoms with Gasteiger partial charge in [0.25, 0.3) is 0 Å². The van der Waals surface area contributed by atoms with Crippen LogP contribution in [0.5, 0.6) is 0 Å². The smallest absolute Gasteiger partial charge is 0.229 e. The maximum absolute atomic E-state index is 12.8. The number of fused-ring (bicyclic) bond motifs is 7. The molecule has 4 saturated carbocycles. The number of amides is 2. The topological polar surface area (TPSA) is 92.4 Å². The van der Waals surface area contributed by atoms with E-state index in [1.807, 2.05) is 12.1 Å². The molecule has 1 spiro atoms. The van der Waals surface area contributed by atoms with Crippen molar-refractivity contribution >= 4 is 11.8 Å². The number of rotatable bonds is 5. The highest BCUT2D eigenvalue weighted by molar-refractivity contribution is 5.96. The van der Waals surface area contributed by atoms with Crippen molar-refractivity contribution < 1.29 is 14.3 Å². The van der Waals surface area contributed by atoms with Gasteiger partial charge in [-0.1, -0.05) is 33.8 Å². The summed E-state index contributed by atoms with van der Waals surface area (Å²) in [6.07, 6.45) is 16.0. The molecule has 43 heavy (non-hydrogen) atoms. The highest BCUT2D eigenvalue weighted by Crippen LogP contribution is 2.71. The average molecular weight is 591 g/mol. The van der Waals surface area contributed by atoms with Gasteiger partial charge in [-0.05, 0) is 122 Å². The van der Waals surface area contributed by atoms with E-state index < -0.39 is 0 Å². The van der Waals surface area contributed by atoms with Crippen LogP contribution in [0.15, 0.2) is 24.5 Å². The lowest BCUT2D eigenvalue weighted by molar-refractivity contribution is -0.137. The van der Waals surface area contributed by atoms with Crippen molar-refractivity contribution in [2.75, 3.05) is 6.54 Å². The van der Waals surface area contributed by atoms with Crippen LogP contribution in [0, 0.1) is 52.3 Å². The van der Waals surface area contributed by atoms with E-state index >= 15 is 0 Å². The summed E-state index contributed by atoms with van der Waals surface area (Å²) in [6.45, 7) is 11.6. The summed E-state index contributed by atoms with van der Waals surface area (Å²) in [6, 6.07) is 3.96. The number of pyridine rings is 1. The second-order valence-electron chi connectivity index (χ2n) is 16.2. The zero-order chi connectivity index (χ0) is 30.0. The summed E-state index contributed by atoms with van der Waals surface area (Å²) in [4.78, 5) is 29.3. The molecule has 0 radical (unpaired) electrons. The lowest BCUT2D eigenvalue weighted by Crippen LogP contribution is -2.58. The molecule has 12 atom stereocenters. The monoisotopic (exact) mass is 590 g/mol. The average Bonchev–Trinajstić information content (AvgIpc) is 3.44. The molecular formula is C36H54N4O3. The van der Waals surface area contributed by atoms with Crippen LogP contribution in [0.1, 0.15) is 104 Å². The van der Waals surface area contributed by atoms with Crippen molar-refractivity contribution in [3.8, 4) is 0 Å². The predicted octanol–water partition coefficient (Wildman–Crippen LogP) is 5.59. The van der Waals surface area contributed by atoms with Gasteiger partial charge in [-0.2, -0.15) is 0 Å². The molecule has 7 nitrogen and oxygen atoms in total. The molecule has 0 aromatic carbocycles. The van der Waals surface area contributed by atoms with Gasteiger partial charge in [0, 0.05) is 37.4 Å². The minimum absolute atomic E-state index is 0.0841. The first-order chi connectivity index (χ1) is 20.6. The molecule has 236 valence electrons. The third kappa shape index (κ3) is 5.05. The van der Waals surface area contributed by atoms with Crippen molar-refractivity contribution in [1.82, 2.24) is 20.9 Å². The lowest BCUT2D eigenvalue weighted by Gasteiger charge is -2.61. The van der Waals surface area contributed by atoms with Crippen molar-refractivity contribution in [2.24, 2.45) is 52.3 Å². The van der Waals surface area contributed by atoms with E-state index in [-0.39, 0.29) is 30.0 Å². The zero-order valence-corrected chi connectivity index (χ0v) is 26.9. The second kappa shape index (κ2) is 11.1. The van der Waals surface area contributed by atoms with E-state index in [1.165, 1.54) is 51.4 Å². The van der Waals surface area contributed by atoms with Crippen LogP contribution in [0.25, 0.3) is 0 Å². The van der Waals surface area contributed by atoms with Crippen LogP contribution < -0.4 is 16.0 Å². The van der Waals surface area contributed by atoms with Crippen LogP contribution in [0.2, 0.25) is 0 Å². The van der Waals surface area contributed by atoms with Crippen molar-refractivity contribution in [3.05, 3.63) is 30.1 Å². The van der Waals surface area contributed by atoms with Crippen LogP contribution in [-0.4, -0.2) is 41.2 Å². The van der Waals surface area contributed by atoms with Gasteiger partial charge in [0.15, 0.2) is 0 Å². The number of hydrogen-bond donors (Lipinski definition) is 3. The maximum atomic E-state index is 12.8. The standard InChI is InChI=1S/C36H54N4O3/c1-22-9-14-36(39-19-22)23(2)33-30(43-36)17-29-27-8-7-25-16-26(10-12-34(25,3)28(27)11-13-35(29,33)4)40-32(42)18-31(41)38-21-24-6-5-15-37-20-24/h5-6,15,20,22-23,25-30,33,39H,7-14,16-19,21H2,1-4H3,(H,38,41)(H,40,42)/t22-,23+,25-,26-,27-,28+,29+,30+,33+,34+,35+,36-/m1/s1.